The van der Waals surface area contributed by atoms with E-state index < -0.39 is 10.9 Å². The molecule has 92 valence electrons. The number of pyridine rings is 1. The molecule has 7 heteroatoms. The number of rotatable bonds is 6. The van der Waals surface area contributed by atoms with Gasteiger partial charge in [-0.05, 0) is 13.3 Å². The molecular weight excluding hydrogens is 226 g/mol. The topological polar surface area (TPSA) is 105 Å². The molecule has 1 aromatic rings. The van der Waals surface area contributed by atoms with Gasteiger partial charge in [-0.15, -0.1) is 0 Å². The number of anilines is 1. The average molecular weight is 239 g/mol. The minimum Gasteiger partial charge on any atom is -0.481 e. The minimum absolute atomic E-state index is 0.000680. The Morgan fingerprint density at radius 1 is 1.65 bits per heavy atom. The van der Waals surface area contributed by atoms with Crippen molar-refractivity contribution in [2.45, 2.75) is 19.8 Å². The Morgan fingerprint density at radius 3 is 2.94 bits per heavy atom. The molecule has 0 radical (unpaired) electrons. The van der Waals surface area contributed by atoms with E-state index in [2.05, 4.69) is 10.3 Å². The summed E-state index contributed by atoms with van der Waals surface area (Å²) < 4.78 is 0. The standard InChI is InChI=1S/C10H13N3O4/c1-7-6-12-9(5-8(7)13(16)17)11-4-2-3-10(14)15/h5-6H,2-4H2,1H3,(H,11,12)(H,14,15). The van der Waals surface area contributed by atoms with E-state index in [-0.39, 0.29) is 12.1 Å². The average Bonchev–Trinajstić information content (AvgIpc) is 2.25. The Labute approximate surface area is 97.6 Å². The third kappa shape index (κ3) is 4.06. The molecule has 17 heavy (non-hydrogen) atoms. The van der Waals surface area contributed by atoms with E-state index in [1.54, 1.807) is 6.92 Å². The van der Waals surface area contributed by atoms with Crippen molar-refractivity contribution < 1.29 is 14.8 Å². The van der Waals surface area contributed by atoms with Gasteiger partial charge in [-0.1, -0.05) is 0 Å². The Kier molecular flexibility index (Phi) is 4.38. The van der Waals surface area contributed by atoms with Crippen molar-refractivity contribution in [1.29, 1.82) is 0 Å². The Hall–Kier alpha value is -2.18. The van der Waals surface area contributed by atoms with Crippen molar-refractivity contribution in [3.05, 3.63) is 27.9 Å². The van der Waals surface area contributed by atoms with Gasteiger partial charge in [0.05, 0.1) is 11.0 Å². The van der Waals surface area contributed by atoms with E-state index in [9.17, 15) is 14.9 Å². The molecule has 1 heterocycles. The van der Waals surface area contributed by atoms with E-state index in [4.69, 9.17) is 5.11 Å². The molecule has 0 amide bonds. The summed E-state index contributed by atoms with van der Waals surface area (Å²) >= 11 is 0. The first-order valence-corrected chi connectivity index (χ1v) is 5.07. The largest absolute Gasteiger partial charge is 0.481 e. The van der Waals surface area contributed by atoms with Gasteiger partial charge in [0, 0.05) is 24.7 Å². The van der Waals surface area contributed by atoms with E-state index in [1.807, 2.05) is 0 Å². The zero-order valence-electron chi connectivity index (χ0n) is 9.34. The summed E-state index contributed by atoms with van der Waals surface area (Å²) in [4.78, 5) is 24.4. The van der Waals surface area contributed by atoms with Gasteiger partial charge in [-0.2, -0.15) is 0 Å². The van der Waals surface area contributed by atoms with Crippen LogP contribution in [-0.4, -0.2) is 27.5 Å². The molecule has 0 aliphatic rings. The van der Waals surface area contributed by atoms with Crippen LogP contribution in [0.15, 0.2) is 12.3 Å². The van der Waals surface area contributed by atoms with Crippen molar-refractivity contribution in [2.75, 3.05) is 11.9 Å². The first-order valence-electron chi connectivity index (χ1n) is 5.07. The maximum Gasteiger partial charge on any atom is 0.303 e. The molecule has 0 spiro atoms. The first kappa shape index (κ1) is 12.9. The number of aryl methyl sites for hydroxylation is 1. The van der Waals surface area contributed by atoms with E-state index in [0.717, 1.165) is 0 Å². The quantitative estimate of drug-likeness (QED) is 0.443. The number of nitrogens with one attached hydrogen (secondary N) is 1. The predicted octanol–water partition coefficient (Wildman–Crippen LogP) is 1.57. The van der Waals surface area contributed by atoms with E-state index >= 15 is 0 Å². The lowest BCUT2D eigenvalue weighted by molar-refractivity contribution is -0.385. The molecule has 0 saturated heterocycles. The van der Waals surface area contributed by atoms with Crippen LogP contribution in [0, 0.1) is 17.0 Å². The highest BCUT2D eigenvalue weighted by molar-refractivity contribution is 5.66. The minimum atomic E-state index is -0.866. The second-order valence-corrected chi connectivity index (χ2v) is 3.54. The predicted molar refractivity (Wildman–Crippen MR) is 61.0 cm³/mol. The van der Waals surface area contributed by atoms with Gasteiger partial charge in [0.2, 0.25) is 0 Å². The fourth-order valence-corrected chi connectivity index (χ4v) is 1.26. The third-order valence-corrected chi connectivity index (χ3v) is 2.14. The number of hydrogen-bond acceptors (Lipinski definition) is 5. The van der Waals surface area contributed by atoms with Crippen molar-refractivity contribution in [3.8, 4) is 0 Å². The molecule has 2 N–H and O–H groups in total. The highest BCUT2D eigenvalue weighted by Crippen LogP contribution is 2.19. The van der Waals surface area contributed by atoms with Crippen LogP contribution < -0.4 is 5.32 Å². The molecule has 0 fully saturated rings. The van der Waals surface area contributed by atoms with Crippen LogP contribution in [0.1, 0.15) is 18.4 Å². The summed E-state index contributed by atoms with van der Waals surface area (Å²) in [5, 5.41) is 21.9. The van der Waals surface area contributed by atoms with Gasteiger partial charge in [-0.25, -0.2) is 4.98 Å². The molecule has 0 unspecified atom stereocenters. The van der Waals surface area contributed by atoms with Crippen molar-refractivity contribution in [2.24, 2.45) is 0 Å². The number of carboxylic acids is 1. The van der Waals surface area contributed by atoms with Gasteiger partial charge < -0.3 is 10.4 Å². The van der Waals surface area contributed by atoms with Crippen LogP contribution in [0.3, 0.4) is 0 Å². The van der Waals surface area contributed by atoms with Gasteiger partial charge in [0.25, 0.3) is 5.69 Å². The summed E-state index contributed by atoms with van der Waals surface area (Å²) in [5.41, 5.74) is 0.492. The van der Waals surface area contributed by atoms with Crippen LogP contribution in [0.4, 0.5) is 11.5 Å². The SMILES string of the molecule is Cc1cnc(NCCCC(=O)O)cc1[N+](=O)[O-]. The number of hydrogen-bond donors (Lipinski definition) is 2. The normalized spacial score (nSPS) is 9.94. The maximum atomic E-state index is 10.7. The monoisotopic (exact) mass is 239 g/mol. The lowest BCUT2D eigenvalue weighted by atomic mass is 10.2. The molecule has 1 aromatic heterocycles. The second kappa shape index (κ2) is 5.78. The third-order valence-electron chi connectivity index (χ3n) is 2.14. The van der Waals surface area contributed by atoms with Gasteiger partial charge in [0.1, 0.15) is 5.82 Å². The van der Waals surface area contributed by atoms with Gasteiger partial charge in [0.15, 0.2) is 0 Å². The summed E-state index contributed by atoms with van der Waals surface area (Å²) in [6.45, 7) is 2.03. The molecular formula is C10H13N3O4. The lowest BCUT2D eigenvalue weighted by Gasteiger charge is -2.05. The highest BCUT2D eigenvalue weighted by atomic mass is 16.6. The zero-order chi connectivity index (χ0) is 12.8. The Balaban J connectivity index is 2.57. The fraction of sp³-hybridized carbons (Fsp3) is 0.400. The lowest BCUT2D eigenvalue weighted by Crippen LogP contribution is -2.06. The molecule has 0 aliphatic heterocycles. The summed E-state index contributed by atoms with van der Waals surface area (Å²) in [6, 6.07) is 1.34. The van der Waals surface area contributed by atoms with Crippen molar-refractivity contribution in [3.63, 3.8) is 0 Å². The maximum absolute atomic E-state index is 10.7. The van der Waals surface area contributed by atoms with Crippen LogP contribution in [0.2, 0.25) is 0 Å². The van der Waals surface area contributed by atoms with Crippen molar-refractivity contribution in [1.82, 2.24) is 4.98 Å². The molecule has 0 saturated carbocycles. The Bertz CT molecular complexity index is 434. The summed E-state index contributed by atoms with van der Waals surface area (Å²) in [5.74, 6) is -0.484. The molecule has 7 nitrogen and oxygen atoms in total. The first-order chi connectivity index (χ1) is 8.00. The fourth-order valence-electron chi connectivity index (χ4n) is 1.26. The number of nitro groups is 1. The Morgan fingerprint density at radius 2 is 2.35 bits per heavy atom. The smallest absolute Gasteiger partial charge is 0.303 e. The van der Waals surface area contributed by atoms with E-state index in [1.165, 1.54) is 12.3 Å². The molecule has 0 atom stereocenters. The molecule has 0 aromatic carbocycles. The number of aliphatic carboxylic acids is 1. The summed E-state index contributed by atoms with van der Waals surface area (Å²) in [7, 11) is 0. The summed E-state index contributed by atoms with van der Waals surface area (Å²) in [6.07, 6.45) is 1.91. The molecule has 0 aliphatic carbocycles. The van der Waals surface area contributed by atoms with Crippen molar-refractivity contribution >= 4 is 17.5 Å². The van der Waals surface area contributed by atoms with E-state index in [0.29, 0.717) is 24.3 Å². The molecule has 1 rings (SSSR count). The van der Waals surface area contributed by atoms with Gasteiger partial charge >= 0.3 is 5.97 Å². The van der Waals surface area contributed by atoms with Gasteiger partial charge in [-0.3, -0.25) is 14.9 Å². The number of carbonyl (C=O) groups is 1. The zero-order valence-corrected chi connectivity index (χ0v) is 9.34. The molecule has 0 bridgehead atoms. The van der Waals surface area contributed by atoms with Crippen LogP contribution in [0.25, 0.3) is 0 Å². The van der Waals surface area contributed by atoms with Crippen LogP contribution in [-0.2, 0) is 4.79 Å². The number of aromatic nitrogens is 1. The second-order valence-electron chi connectivity index (χ2n) is 3.54. The number of nitrogens with zero attached hydrogens (tertiary/aromatic N) is 2. The highest BCUT2D eigenvalue weighted by Gasteiger charge is 2.11. The van der Waals surface area contributed by atoms with Crippen LogP contribution >= 0.6 is 0 Å². The number of carboxylic acid groups (broad SMARTS) is 1. The van der Waals surface area contributed by atoms with Crippen LogP contribution in [0.5, 0.6) is 0 Å².